The van der Waals surface area contributed by atoms with Crippen molar-refractivity contribution in [3.8, 4) is 0 Å². The normalized spacial score (nSPS) is 10.5. The molecule has 0 fully saturated rings. The maximum atomic E-state index is 13.2. The zero-order chi connectivity index (χ0) is 62.3. The van der Waals surface area contributed by atoms with Crippen LogP contribution in [0.15, 0.2) is 160 Å². The Labute approximate surface area is 651 Å². The van der Waals surface area contributed by atoms with Gasteiger partial charge in [0, 0.05) is 55.3 Å². The van der Waals surface area contributed by atoms with E-state index in [-0.39, 0.29) is 240 Å². The van der Waals surface area contributed by atoms with Gasteiger partial charge in [-0.25, -0.2) is 36.0 Å². The van der Waals surface area contributed by atoms with E-state index >= 15 is 0 Å². The molecule has 0 aliphatic carbocycles. The molecule has 27 nitrogen and oxygen atoms in total. The number of amides is 4. The van der Waals surface area contributed by atoms with Crippen molar-refractivity contribution in [3.05, 3.63) is 192 Å². The molecule has 0 aliphatic heterocycles. The minimum absolute atomic E-state index is 0. The maximum absolute atomic E-state index is 13.2. The third-order valence-electron chi connectivity index (χ3n) is 11.1. The Morgan fingerprint density at radius 3 is 1.38 bits per heavy atom. The predicted molar refractivity (Wildman–Crippen MR) is 291 cm³/mol. The summed E-state index contributed by atoms with van der Waals surface area (Å²) in [5.41, 5.74) is 3.92. The maximum Gasteiger partial charge on any atom is 1.00 e. The molecule has 5 N–H and O–H groups in total. The van der Waals surface area contributed by atoms with Crippen LogP contribution in [0.3, 0.4) is 0 Å². The van der Waals surface area contributed by atoms with Crippen LogP contribution in [0.2, 0.25) is 0 Å². The molecule has 0 aromatic heterocycles. The molecule has 0 heterocycles. The van der Waals surface area contributed by atoms with Gasteiger partial charge in [0.05, 0.1) is 6.42 Å². The van der Waals surface area contributed by atoms with Gasteiger partial charge in [0.25, 0.3) is 17.7 Å². The summed E-state index contributed by atoms with van der Waals surface area (Å²) in [5.74, 6) is -1.95. The first-order valence-corrected chi connectivity index (χ1v) is 29.9. The van der Waals surface area contributed by atoms with Crippen molar-refractivity contribution in [1.29, 1.82) is 0 Å². The number of carbonyl (C=O) groups excluding carboxylic acids is 4. The van der Waals surface area contributed by atoms with Crippen LogP contribution in [0.25, 0.3) is 21.5 Å². The van der Waals surface area contributed by atoms with Gasteiger partial charge in [-0.1, -0.05) is 35.7 Å². The number of anilines is 5. The van der Waals surface area contributed by atoms with Crippen LogP contribution in [0.1, 0.15) is 55.2 Å². The number of carbonyl (C=O) groups is 4. The smallest absolute Gasteiger partial charge is 0.746 e. The summed E-state index contributed by atoms with van der Waals surface area (Å²) in [6.07, 6.45) is 0.0574. The van der Waals surface area contributed by atoms with Crippen molar-refractivity contribution in [2.24, 2.45) is 0 Å². The number of fused-ring (bicyclic) bond motifs is 2. The average molecular weight is 1400 g/mol. The Bertz CT molecular complexity index is 4510. The van der Waals surface area contributed by atoms with Crippen molar-refractivity contribution in [3.63, 3.8) is 0 Å². The first-order valence-electron chi connectivity index (χ1n) is 22.7. The van der Waals surface area contributed by atoms with Gasteiger partial charge in [-0.2, -0.15) is 0 Å². The second-order valence-electron chi connectivity index (χ2n) is 16.6. The fourth-order valence-corrected chi connectivity index (χ4v) is 9.56. The van der Waals surface area contributed by atoms with E-state index < -0.39 is 94.6 Å². The van der Waals surface area contributed by atoms with Crippen LogP contribution in [0.4, 0.5) is 28.4 Å². The summed E-state index contributed by atoms with van der Waals surface area (Å²) < 4.78 is 182. The van der Waals surface area contributed by atoms with Crippen molar-refractivity contribution < 1.29 is 273 Å². The SMILES string of the molecule is CC(Nc1ccc(C(=O)Nc2cc[c-]c3cc(S(=O)(=O)[O-])cc(S(=O)(=O)[O-])c23)cc1)c1ccc(CC(=O)Nc2ccc(C(=O)Nc3ccc(C(=O)Nc4ccc(S(=O)(=O)[O-])c5c[c-]c[c-]c45)cc3)cc2)cc1.O=S(=O)=O.O=S(=O)=O.O=S(=O)=O.[Na+].[Na+].[Na+].[Na+].[Na+].[Na+]. The van der Waals surface area contributed by atoms with Crippen LogP contribution < -0.4 is 204 Å². The van der Waals surface area contributed by atoms with Gasteiger partial charge in [0.15, 0.2) is 0 Å². The van der Waals surface area contributed by atoms with E-state index in [1.807, 2.05) is 31.2 Å². The Hall–Kier alpha value is -3.45. The molecule has 1 unspecified atom stereocenters. The van der Waals surface area contributed by atoms with E-state index in [9.17, 15) is 58.1 Å². The van der Waals surface area contributed by atoms with Crippen LogP contribution >= 0.6 is 0 Å². The van der Waals surface area contributed by atoms with E-state index in [1.54, 1.807) is 36.4 Å². The standard InChI is InChI=1S/C51H38N5O13S3.6Na.3O3S/c1-30(52-37-19-13-35(14-20-37)51(60)56-44-8-4-5-36-28-40(70(61,62)63)29-46(48(36)44)72(67,68)69)32-11-9-31(10-12-32)27-47(57)53-38-21-15-33(16-22-38)49(58)54-39-23-17-34(18-24-39)50(59)55-43-25-26-45(71(64,65)66)42-7-3-2-6-41(42)43;;;;;;;3*1-4(2)3/h2,4,7-26,28-30,52H,27H2,1H3,(H,53,57)(H,54,58)(H,55,59)(H,56,60)(H,61,62,63)(H,64,65,66)(H,67,68,69);;;;;;;;;/q-3;6*+1;;;/p-3. The summed E-state index contributed by atoms with van der Waals surface area (Å²) >= 11 is 0. The average Bonchev–Trinajstić information content (AvgIpc) is 0.888. The number of rotatable bonds is 15. The number of hydrogen-bond donors (Lipinski definition) is 5. The van der Waals surface area contributed by atoms with Crippen LogP contribution in [-0.4, -0.2) is 100 Å². The molecule has 1 atom stereocenters. The minimum atomic E-state index is -5.30. The molecule has 8 aromatic rings. The van der Waals surface area contributed by atoms with Crippen molar-refractivity contribution in [2.45, 2.75) is 34.1 Å². The van der Waals surface area contributed by atoms with E-state index in [2.05, 4.69) is 44.8 Å². The zero-order valence-electron chi connectivity index (χ0n) is 48.1. The predicted octanol–water partition coefficient (Wildman–Crippen LogP) is -13.8. The molecule has 90 heavy (non-hydrogen) atoms. The fraction of sp³-hybridized carbons (Fsp3) is 0.0588. The van der Waals surface area contributed by atoms with E-state index in [4.69, 9.17) is 37.9 Å². The number of nitrogens with one attached hydrogen (secondary N) is 5. The summed E-state index contributed by atoms with van der Waals surface area (Å²) in [6, 6.07) is 42.8. The second-order valence-corrected chi connectivity index (χ2v) is 21.9. The van der Waals surface area contributed by atoms with Crippen molar-refractivity contribution in [1.82, 2.24) is 0 Å². The minimum Gasteiger partial charge on any atom is -0.746 e. The molecule has 8 rings (SSSR count). The molecule has 8 aromatic carbocycles. The zero-order valence-corrected chi connectivity index (χ0v) is 65.0. The summed E-state index contributed by atoms with van der Waals surface area (Å²) in [4.78, 5) is 49.9. The van der Waals surface area contributed by atoms with Gasteiger partial charge < -0.3 is 58.4 Å². The summed E-state index contributed by atoms with van der Waals surface area (Å²) in [6.45, 7) is 1.91. The van der Waals surface area contributed by atoms with Crippen molar-refractivity contribution >= 4 is 136 Å². The van der Waals surface area contributed by atoms with Gasteiger partial charge in [-0.05, 0) is 114 Å². The molecule has 0 bridgehead atoms. The molecule has 0 saturated carbocycles. The topological polar surface area (TPSA) is 454 Å². The molecule has 0 radical (unpaired) electrons. The Morgan fingerprint density at radius 2 is 0.922 bits per heavy atom. The number of benzene rings is 8. The monoisotopic (exact) mass is 1400 g/mol. The Kier molecular flexibility index (Phi) is 40.1. The molecule has 0 spiro atoms. The van der Waals surface area contributed by atoms with E-state index in [0.29, 0.717) is 28.7 Å². The largest absolute Gasteiger partial charge is 1.00 e. The third kappa shape index (κ3) is 28.2. The quantitative estimate of drug-likeness (QED) is 0.0361. The van der Waals surface area contributed by atoms with E-state index in [1.165, 1.54) is 66.7 Å². The fourth-order valence-electron chi connectivity index (χ4n) is 7.55. The summed E-state index contributed by atoms with van der Waals surface area (Å²) in [5, 5.41) is 13.9. The first kappa shape index (κ1) is 88.6. The first-order chi connectivity index (χ1) is 39.3. The van der Waals surface area contributed by atoms with Gasteiger partial charge in [0.1, 0.15) is 30.4 Å². The van der Waals surface area contributed by atoms with Gasteiger partial charge in [-0.15, -0.1) is 67.5 Å². The van der Waals surface area contributed by atoms with Gasteiger partial charge >= 0.3 is 209 Å². The molecular weight excluding hydrogens is 1360 g/mol. The van der Waals surface area contributed by atoms with Gasteiger partial charge in [-0.3, -0.25) is 25.2 Å². The molecule has 438 valence electrons. The molecular formula is C51H35N5Na6O22S6. The number of hydrogen-bond acceptors (Lipinski definition) is 23. The Morgan fingerprint density at radius 1 is 0.489 bits per heavy atom. The van der Waals surface area contributed by atoms with Crippen molar-refractivity contribution in [2.75, 3.05) is 26.6 Å². The summed E-state index contributed by atoms with van der Waals surface area (Å²) in [7, 11) is -24.5. The van der Waals surface area contributed by atoms with Crippen LogP contribution in [-0.2, 0) is 73.4 Å². The van der Waals surface area contributed by atoms with Crippen LogP contribution in [0.5, 0.6) is 0 Å². The van der Waals surface area contributed by atoms with Gasteiger partial charge in [0.2, 0.25) is 5.91 Å². The molecule has 39 heteroatoms. The van der Waals surface area contributed by atoms with E-state index in [0.717, 1.165) is 23.3 Å². The molecule has 0 aliphatic rings. The van der Waals surface area contributed by atoms with Crippen LogP contribution in [0, 0.1) is 18.2 Å². The third-order valence-corrected chi connectivity index (χ3v) is 13.7. The molecule has 4 amide bonds. The Balaban J connectivity index is 0. The second kappa shape index (κ2) is 40.7. The molecule has 0 saturated heterocycles.